The lowest BCUT2D eigenvalue weighted by Crippen LogP contribution is -2.36. The van der Waals surface area contributed by atoms with Crippen molar-refractivity contribution in [2.75, 3.05) is 13.2 Å². The molecule has 0 saturated heterocycles. The number of nitrogens with zero attached hydrogens (tertiary/aromatic N) is 1. The highest BCUT2D eigenvalue weighted by molar-refractivity contribution is 6.14. The number of hydrogen-bond donors (Lipinski definition) is 0. The fourth-order valence-corrected chi connectivity index (χ4v) is 1.11. The first-order chi connectivity index (χ1) is 7.54. The Kier molecular flexibility index (Phi) is 4.22. The number of carbonyl (C=O) groups excluding carboxylic acids is 3. The number of hydrogen-bond acceptors (Lipinski definition) is 4. The van der Waals surface area contributed by atoms with E-state index in [-0.39, 0.29) is 12.5 Å². The third-order valence-corrected chi connectivity index (χ3v) is 2.41. The first-order valence-electron chi connectivity index (χ1n) is 5.23. The molecule has 1 rings (SSSR count). The molecule has 0 bridgehead atoms. The number of carbonyl (C=O) groups is 3. The molecule has 1 aliphatic rings. The van der Waals surface area contributed by atoms with Gasteiger partial charge in [-0.05, 0) is 5.92 Å². The van der Waals surface area contributed by atoms with Gasteiger partial charge in [0.15, 0.2) is 0 Å². The van der Waals surface area contributed by atoms with Gasteiger partial charge in [0.25, 0.3) is 11.8 Å². The van der Waals surface area contributed by atoms with Gasteiger partial charge in [-0.25, -0.2) is 0 Å². The molecule has 88 valence electrons. The van der Waals surface area contributed by atoms with E-state index in [4.69, 9.17) is 4.74 Å². The normalized spacial score (nSPS) is 16.8. The highest BCUT2D eigenvalue weighted by Gasteiger charge is 2.26. The Morgan fingerprint density at radius 1 is 1.38 bits per heavy atom. The van der Waals surface area contributed by atoms with Crippen molar-refractivity contribution in [3.05, 3.63) is 12.2 Å². The van der Waals surface area contributed by atoms with Crippen LogP contribution in [0.25, 0.3) is 0 Å². The van der Waals surface area contributed by atoms with E-state index >= 15 is 0 Å². The van der Waals surface area contributed by atoms with Crippen molar-refractivity contribution in [2.24, 2.45) is 5.92 Å². The summed E-state index contributed by atoms with van der Waals surface area (Å²) in [6.45, 7) is 3.97. The highest BCUT2D eigenvalue weighted by Crippen LogP contribution is 2.05. The number of rotatable bonds is 5. The van der Waals surface area contributed by atoms with Gasteiger partial charge in [-0.3, -0.25) is 19.3 Å². The molecule has 0 aromatic heterocycles. The Labute approximate surface area is 94.1 Å². The molecule has 0 aliphatic carbocycles. The van der Waals surface area contributed by atoms with Crippen LogP contribution in [0.4, 0.5) is 0 Å². The molecule has 0 saturated carbocycles. The topological polar surface area (TPSA) is 63.7 Å². The average molecular weight is 225 g/mol. The van der Waals surface area contributed by atoms with Crippen LogP contribution in [0.1, 0.15) is 20.3 Å². The van der Waals surface area contributed by atoms with Crippen molar-refractivity contribution < 1.29 is 19.1 Å². The summed E-state index contributed by atoms with van der Waals surface area (Å²) in [7, 11) is 0. The Morgan fingerprint density at radius 3 is 2.44 bits per heavy atom. The molecular weight excluding hydrogens is 210 g/mol. The first kappa shape index (κ1) is 12.4. The molecule has 0 aromatic carbocycles. The van der Waals surface area contributed by atoms with E-state index in [0.717, 1.165) is 23.5 Å². The van der Waals surface area contributed by atoms with Crippen LogP contribution in [0.3, 0.4) is 0 Å². The first-order valence-corrected chi connectivity index (χ1v) is 5.23. The quantitative estimate of drug-likeness (QED) is 0.505. The number of amides is 2. The minimum Gasteiger partial charge on any atom is -0.464 e. The molecule has 16 heavy (non-hydrogen) atoms. The maximum Gasteiger partial charge on any atom is 0.326 e. The number of ether oxygens (including phenoxy) is 1. The zero-order valence-corrected chi connectivity index (χ0v) is 9.43. The van der Waals surface area contributed by atoms with Crippen LogP contribution < -0.4 is 0 Å². The van der Waals surface area contributed by atoms with E-state index in [0.29, 0.717) is 6.61 Å². The molecule has 1 atom stereocenters. The van der Waals surface area contributed by atoms with E-state index in [9.17, 15) is 14.4 Å². The molecule has 0 radical (unpaired) electrons. The van der Waals surface area contributed by atoms with Crippen molar-refractivity contribution in [1.82, 2.24) is 4.90 Å². The van der Waals surface area contributed by atoms with E-state index in [2.05, 4.69) is 0 Å². The largest absolute Gasteiger partial charge is 0.464 e. The minimum atomic E-state index is -0.550. The lowest BCUT2D eigenvalue weighted by atomic mass is 10.1. The molecule has 0 aromatic rings. The van der Waals surface area contributed by atoms with Crippen molar-refractivity contribution in [2.45, 2.75) is 20.3 Å². The lowest BCUT2D eigenvalue weighted by molar-refractivity contribution is -0.152. The fraction of sp³-hybridized carbons (Fsp3) is 0.545. The van der Waals surface area contributed by atoms with Crippen molar-refractivity contribution >= 4 is 17.8 Å². The standard InChI is InChI=1S/C11H15NO4/c1-3-8(2)7-16-11(15)6-12-9(13)4-5-10(12)14/h4-5,8H,3,6-7H2,1-2H3. The molecule has 5 heteroatoms. The van der Waals surface area contributed by atoms with Gasteiger partial charge in [0.2, 0.25) is 0 Å². The van der Waals surface area contributed by atoms with Gasteiger partial charge in [0.1, 0.15) is 6.54 Å². The van der Waals surface area contributed by atoms with Crippen LogP contribution in [0.5, 0.6) is 0 Å². The summed E-state index contributed by atoms with van der Waals surface area (Å²) < 4.78 is 4.94. The van der Waals surface area contributed by atoms with E-state index in [1.165, 1.54) is 0 Å². The Balaban J connectivity index is 2.35. The van der Waals surface area contributed by atoms with Gasteiger partial charge in [-0.2, -0.15) is 0 Å². The van der Waals surface area contributed by atoms with Crippen LogP contribution in [0, 0.1) is 5.92 Å². The van der Waals surface area contributed by atoms with Gasteiger partial charge in [0.05, 0.1) is 6.61 Å². The smallest absolute Gasteiger partial charge is 0.326 e. The van der Waals surface area contributed by atoms with Crippen molar-refractivity contribution in [3.63, 3.8) is 0 Å². The lowest BCUT2D eigenvalue weighted by Gasteiger charge is -2.14. The van der Waals surface area contributed by atoms with Crippen molar-refractivity contribution in [3.8, 4) is 0 Å². The summed E-state index contributed by atoms with van der Waals surface area (Å²) in [5.41, 5.74) is 0. The molecule has 5 nitrogen and oxygen atoms in total. The molecule has 0 fully saturated rings. The van der Waals surface area contributed by atoms with Crippen LogP contribution >= 0.6 is 0 Å². The van der Waals surface area contributed by atoms with Gasteiger partial charge < -0.3 is 4.74 Å². The van der Waals surface area contributed by atoms with E-state index in [1.807, 2.05) is 13.8 Å². The van der Waals surface area contributed by atoms with Gasteiger partial charge >= 0.3 is 5.97 Å². The molecule has 0 spiro atoms. The summed E-state index contributed by atoms with van der Waals surface area (Å²) in [5, 5.41) is 0. The van der Waals surface area contributed by atoms with E-state index < -0.39 is 17.8 Å². The van der Waals surface area contributed by atoms with E-state index in [1.54, 1.807) is 0 Å². The summed E-state index contributed by atoms with van der Waals surface area (Å²) in [5.74, 6) is -1.20. The predicted molar refractivity (Wildman–Crippen MR) is 56.3 cm³/mol. The monoisotopic (exact) mass is 225 g/mol. The fourth-order valence-electron chi connectivity index (χ4n) is 1.11. The van der Waals surface area contributed by atoms with Gasteiger partial charge in [-0.1, -0.05) is 20.3 Å². The molecular formula is C11H15NO4. The van der Waals surface area contributed by atoms with Crippen LogP contribution in [0.2, 0.25) is 0 Å². The highest BCUT2D eigenvalue weighted by atomic mass is 16.5. The Bertz CT molecular complexity index is 317. The molecule has 2 amide bonds. The minimum absolute atomic E-state index is 0.284. The maximum absolute atomic E-state index is 11.3. The molecule has 1 unspecified atom stereocenters. The Hall–Kier alpha value is -1.65. The number of imide groups is 1. The molecule has 1 heterocycles. The maximum atomic E-state index is 11.3. The Morgan fingerprint density at radius 2 is 1.94 bits per heavy atom. The summed E-state index contributed by atoms with van der Waals surface area (Å²) in [6, 6.07) is 0. The molecule has 1 aliphatic heterocycles. The second kappa shape index (κ2) is 5.44. The second-order valence-electron chi connectivity index (χ2n) is 3.79. The van der Waals surface area contributed by atoms with Crippen molar-refractivity contribution in [1.29, 1.82) is 0 Å². The zero-order valence-electron chi connectivity index (χ0n) is 9.43. The molecule has 0 N–H and O–H groups in total. The third-order valence-electron chi connectivity index (χ3n) is 2.41. The third kappa shape index (κ3) is 3.18. The van der Waals surface area contributed by atoms with Crippen LogP contribution in [0.15, 0.2) is 12.2 Å². The predicted octanol–water partition coefficient (Wildman–Crippen LogP) is 0.501. The number of esters is 1. The van der Waals surface area contributed by atoms with Crippen LogP contribution in [-0.4, -0.2) is 35.8 Å². The van der Waals surface area contributed by atoms with Gasteiger partial charge in [-0.15, -0.1) is 0 Å². The SMILES string of the molecule is CCC(C)COC(=O)CN1C(=O)C=CC1=O. The average Bonchev–Trinajstić information content (AvgIpc) is 2.57. The van der Waals surface area contributed by atoms with Gasteiger partial charge in [0, 0.05) is 12.2 Å². The summed E-state index contributed by atoms with van der Waals surface area (Å²) >= 11 is 0. The van der Waals surface area contributed by atoms with Crippen LogP contribution in [-0.2, 0) is 19.1 Å². The zero-order chi connectivity index (χ0) is 12.1. The summed E-state index contributed by atoms with van der Waals surface area (Å²) in [4.78, 5) is 34.4. The second-order valence-corrected chi connectivity index (χ2v) is 3.79. The summed E-state index contributed by atoms with van der Waals surface area (Å²) in [6.07, 6.45) is 3.20.